The Balaban J connectivity index is 1.72. The molecule has 0 saturated heterocycles. The van der Waals surface area contributed by atoms with Crippen molar-refractivity contribution in [3.8, 4) is 0 Å². The fourth-order valence-corrected chi connectivity index (χ4v) is 7.00. The van der Waals surface area contributed by atoms with E-state index in [0.717, 1.165) is 44.6 Å². The van der Waals surface area contributed by atoms with Crippen molar-refractivity contribution in [3.63, 3.8) is 0 Å². The van der Waals surface area contributed by atoms with Crippen LogP contribution in [0.1, 0.15) is 76.1 Å². The molecule has 0 saturated carbocycles. The van der Waals surface area contributed by atoms with E-state index in [2.05, 4.69) is 91.8 Å². The van der Waals surface area contributed by atoms with Gasteiger partial charge in [0.25, 0.3) is 0 Å². The van der Waals surface area contributed by atoms with Gasteiger partial charge in [0.05, 0.1) is 0 Å². The maximum absolute atomic E-state index is 14.3. The van der Waals surface area contributed by atoms with Crippen LogP contribution in [0.5, 0.6) is 0 Å². The highest BCUT2D eigenvalue weighted by atomic mass is 16.1. The van der Waals surface area contributed by atoms with Crippen LogP contribution in [0.25, 0.3) is 0 Å². The van der Waals surface area contributed by atoms with Crippen molar-refractivity contribution >= 4 is 11.6 Å². The highest BCUT2D eigenvalue weighted by molar-refractivity contribution is 6.15. The molecule has 0 aromatic heterocycles. The third-order valence-electron chi connectivity index (χ3n) is 9.93. The lowest BCUT2D eigenvalue weighted by atomic mass is 9.43. The Labute approximate surface area is 250 Å². The zero-order chi connectivity index (χ0) is 30.2. The maximum atomic E-state index is 14.3. The molecule has 0 unspecified atom stereocenters. The molecule has 4 aliphatic carbocycles. The summed E-state index contributed by atoms with van der Waals surface area (Å²) in [4.78, 5) is 28.6. The molecule has 0 radical (unpaired) electrons. The van der Waals surface area contributed by atoms with Crippen molar-refractivity contribution in [3.05, 3.63) is 153 Å². The number of hydrogen-bond acceptors (Lipinski definition) is 2. The lowest BCUT2D eigenvalue weighted by Gasteiger charge is -2.58. The third-order valence-corrected chi connectivity index (χ3v) is 9.93. The summed E-state index contributed by atoms with van der Waals surface area (Å²) in [5.41, 5.74) is 8.00. The normalized spacial score (nSPS) is 24.9. The Bertz CT molecular complexity index is 1750. The molecule has 0 bridgehead atoms. The van der Waals surface area contributed by atoms with Gasteiger partial charge in [-0.2, -0.15) is 0 Å². The third kappa shape index (κ3) is 3.99. The first-order valence-corrected chi connectivity index (χ1v) is 14.9. The Kier molecular flexibility index (Phi) is 6.17. The van der Waals surface area contributed by atoms with Crippen LogP contribution in [0.4, 0.5) is 0 Å². The quantitative estimate of drug-likeness (QED) is 0.354. The van der Waals surface area contributed by atoms with Crippen LogP contribution in [-0.4, -0.2) is 11.6 Å². The van der Waals surface area contributed by atoms with Crippen molar-refractivity contribution in [2.24, 2.45) is 21.7 Å². The lowest BCUT2D eigenvalue weighted by Crippen LogP contribution is -2.50. The molecular weight excluding hydrogens is 512 g/mol. The van der Waals surface area contributed by atoms with Crippen molar-refractivity contribution in [2.75, 3.05) is 0 Å². The minimum atomic E-state index is -0.544. The van der Waals surface area contributed by atoms with Crippen LogP contribution in [0, 0.1) is 21.7 Å². The molecular formula is C40H40O2. The number of carbonyl (C=O) groups is 2. The molecule has 6 rings (SSSR count). The summed E-state index contributed by atoms with van der Waals surface area (Å²) in [6, 6.07) is 19.2. The SMILES string of the molecule is CC(C)(C)C1=CC2=CC(C(=O)c3ccccc3)=C3C=C(C(C)(C)C)C=C4C=C(C(=O)c5ccccc5)C(=C1)[C@]2(C)[C@@]43C. The largest absolute Gasteiger partial charge is 0.289 e. The van der Waals surface area contributed by atoms with E-state index >= 15 is 0 Å². The Morgan fingerprint density at radius 3 is 1.60 bits per heavy atom. The van der Waals surface area contributed by atoms with Gasteiger partial charge in [0.15, 0.2) is 11.6 Å². The minimum Gasteiger partial charge on any atom is -0.289 e. The van der Waals surface area contributed by atoms with Gasteiger partial charge in [-0.05, 0) is 56.4 Å². The molecule has 0 fully saturated rings. The second kappa shape index (κ2) is 9.23. The molecule has 0 heterocycles. The fourth-order valence-electron chi connectivity index (χ4n) is 7.00. The fraction of sp³-hybridized carbons (Fsp3) is 0.300. The first-order chi connectivity index (χ1) is 19.7. The molecule has 0 spiro atoms. The molecule has 0 amide bonds. The summed E-state index contributed by atoms with van der Waals surface area (Å²) in [5, 5.41) is 0. The zero-order valence-electron chi connectivity index (χ0n) is 26.1. The molecule has 2 atom stereocenters. The van der Waals surface area contributed by atoms with E-state index < -0.39 is 10.8 Å². The number of ketones is 2. The van der Waals surface area contributed by atoms with Gasteiger partial charge < -0.3 is 0 Å². The van der Waals surface area contributed by atoms with Crippen molar-refractivity contribution < 1.29 is 9.59 Å². The average molecular weight is 553 g/mol. The van der Waals surface area contributed by atoms with Crippen molar-refractivity contribution in [1.82, 2.24) is 0 Å². The number of hydrogen-bond donors (Lipinski definition) is 0. The Morgan fingerprint density at radius 1 is 0.548 bits per heavy atom. The number of carbonyl (C=O) groups excluding carboxylic acids is 2. The molecule has 42 heavy (non-hydrogen) atoms. The monoisotopic (exact) mass is 552 g/mol. The molecule has 2 aromatic carbocycles. The Hall–Kier alpha value is -4.04. The summed E-state index contributed by atoms with van der Waals surface area (Å²) in [6.07, 6.45) is 13.3. The second-order valence-corrected chi connectivity index (χ2v) is 14.5. The predicted octanol–water partition coefficient (Wildman–Crippen LogP) is 9.77. The standard InChI is InChI=1S/C40H40O2/c1-37(2,3)27-19-29-21-32(36(42)26-17-13-10-14-18-26)34-24-28(38(4,5)6)20-30-22-31(35(41)25-15-11-9-12-16-25)33(23-27)39(29,7)40(30,34)8/h9-24H,1-8H3/t39-,40+. The van der Waals surface area contributed by atoms with E-state index in [1.807, 2.05) is 60.7 Å². The van der Waals surface area contributed by atoms with E-state index in [9.17, 15) is 9.59 Å². The first-order valence-electron chi connectivity index (χ1n) is 14.9. The van der Waals surface area contributed by atoms with Gasteiger partial charge in [0, 0.05) is 33.1 Å². The summed E-state index contributed by atoms with van der Waals surface area (Å²) < 4.78 is 0. The summed E-state index contributed by atoms with van der Waals surface area (Å²) in [7, 11) is 0. The van der Waals surface area contributed by atoms with E-state index in [-0.39, 0.29) is 22.4 Å². The van der Waals surface area contributed by atoms with Gasteiger partial charge >= 0.3 is 0 Å². The number of benzene rings is 2. The zero-order valence-corrected chi connectivity index (χ0v) is 26.1. The lowest BCUT2D eigenvalue weighted by molar-refractivity contribution is 0.101. The van der Waals surface area contributed by atoms with Crippen LogP contribution in [0.2, 0.25) is 0 Å². The van der Waals surface area contributed by atoms with Gasteiger partial charge in [-0.1, -0.05) is 140 Å². The van der Waals surface area contributed by atoms with Crippen LogP contribution in [-0.2, 0) is 0 Å². The van der Waals surface area contributed by atoms with Gasteiger partial charge in [-0.25, -0.2) is 0 Å². The highest BCUT2D eigenvalue weighted by Crippen LogP contribution is 2.69. The average Bonchev–Trinajstić information content (AvgIpc) is 2.94. The van der Waals surface area contributed by atoms with E-state index in [0.29, 0.717) is 11.1 Å². The van der Waals surface area contributed by atoms with Gasteiger partial charge in [0.2, 0.25) is 0 Å². The molecule has 212 valence electrons. The van der Waals surface area contributed by atoms with E-state index in [1.165, 1.54) is 0 Å². The molecule has 0 N–H and O–H groups in total. The second-order valence-electron chi connectivity index (χ2n) is 14.5. The molecule has 2 aromatic rings. The van der Waals surface area contributed by atoms with Gasteiger partial charge in [-0.3, -0.25) is 9.59 Å². The summed E-state index contributed by atoms with van der Waals surface area (Å²) in [5.74, 6) is 0.0631. The molecule has 0 aliphatic heterocycles. The van der Waals surface area contributed by atoms with Crippen molar-refractivity contribution in [1.29, 1.82) is 0 Å². The highest BCUT2D eigenvalue weighted by Gasteiger charge is 2.60. The maximum Gasteiger partial charge on any atom is 0.193 e. The van der Waals surface area contributed by atoms with Gasteiger partial charge in [0.1, 0.15) is 0 Å². The van der Waals surface area contributed by atoms with Crippen molar-refractivity contribution in [2.45, 2.75) is 55.4 Å². The first kappa shape index (κ1) is 28.1. The number of Topliss-reactive ketones (excluding diaryl/α,β-unsaturated/α-hetero) is 2. The molecule has 2 nitrogen and oxygen atoms in total. The molecule has 4 aliphatic rings. The summed E-state index contributed by atoms with van der Waals surface area (Å²) in [6.45, 7) is 17.8. The summed E-state index contributed by atoms with van der Waals surface area (Å²) >= 11 is 0. The van der Waals surface area contributed by atoms with Crippen LogP contribution in [0.15, 0.2) is 142 Å². The van der Waals surface area contributed by atoms with E-state index in [4.69, 9.17) is 0 Å². The van der Waals surface area contributed by atoms with Crippen LogP contribution in [0.3, 0.4) is 0 Å². The minimum absolute atomic E-state index is 0.0316. The van der Waals surface area contributed by atoms with Crippen LogP contribution < -0.4 is 0 Å². The van der Waals surface area contributed by atoms with Crippen LogP contribution >= 0.6 is 0 Å². The molecule has 2 heteroatoms. The number of rotatable bonds is 4. The number of allylic oxidation sites excluding steroid dienone is 14. The Morgan fingerprint density at radius 2 is 1.05 bits per heavy atom. The van der Waals surface area contributed by atoms with Gasteiger partial charge in [-0.15, -0.1) is 0 Å². The van der Waals surface area contributed by atoms with E-state index in [1.54, 1.807) is 0 Å². The predicted molar refractivity (Wildman–Crippen MR) is 172 cm³/mol. The smallest absolute Gasteiger partial charge is 0.193 e. The topological polar surface area (TPSA) is 34.1 Å².